The van der Waals surface area contributed by atoms with Gasteiger partial charge in [0.05, 0.1) is 0 Å². The van der Waals surface area contributed by atoms with Gasteiger partial charge in [-0.3, -0.25) is 0 Å². The van der Waals surface area contributed by atoms with Gasteiger partial charge in [0.2, 0.25) is 0 Å². The molecule has 1 nitrogen and oxygen atoms in total. The average Bonchev–Trinajstić information content (AvgIpc) is 2.35. The Hall–Kier alpha value is -1.60. The van der Waals surface area contributed by atoms with Gasteiger partial charge in [-0.1, -0.05) is 36.4 Å². The molecule has 2 aromatic carbocycles. The molecule has 0 aromatic heterocycles. The molecule has 0 saturated heterocycles. The Kier molecular flexibility index (Phi) is 3.83. The molecule has 0 fully saturated rings. The van der Waals surface area contributed by atoms with E-state index in [0.29, 0.717) is 0 Å². The minimum Gasteiger partial charge on any atom is -0.316 e. The maximum absolute atomic E-state index is 3.17. The predicted octanol–water partition coefficient (Wildman–Crippen LogP) is 4.00. The van der Waals surface area contributed by atoms with Crippen molar-refractivity contribution in [3.05, 3.63) is 58.7 Å². The van der Waals surface area contributed by atoms with Crippen molar-refractivity contribution >= 4 is 0 Å². The van der Waals surface area contributed by atoms with Crippen LogP contribution in [0.4, 0.5) is 0 Å². The highest BCUT2D eigenvalue weighted by molar-refractivity contribution is 5.68. The van der Waals surface area contributed by atoms with Crippen molar-refractivity contribution in [3.63, 3.8) is 0 Å². The van der Waals surface area contributed by atoms with Crippen LogP contribution in [-0.2, 0) is 6.54 Å². The molecule has 0 aliphatic rings. The molecule has 0 unspecified atom stereocenters. The van der Waals surface area contributed by atoms with E-state index in [9.17, 15) is 0 Å². The molecule has 0 aliphatic heterocycles. The minimum atomic E-state index is 0.923. The lowest BCUT2D eigenvalue weighted by molar-refractivity contribution is 0.818. The molecule has 0 radical (unpaired) electrons. The summed E-state index contributed by atoms with van der Waals surface area (Å²) in [6.07, 6.45) is 0. The van der Waals surface area contributed by atoms with Crippen LogP contribution in [0.15, 0.2) is 36.4 Å². The molecule has 94 valence electrons. The van der Waals surface area contributed by atoms with E-state index in [1.807, 2.05) is 7.05 Å². The number of hydrogen-bond donors (Lipinski definition) is 1. The molecule has 0 bridgehead atoms. The van der Waals surface area contributed by atoms with Gasteiger partial charge >= 0.3 is 0 Å². The van der Waals surface area contributed by atoms with Crippen molar-refractivity contribution in [1.29, 1.82) is 0 Å². The number of hydrogen-bond acceptors (Lipinski definition) is 1. The summed E-state index contributed by atoms with van der Waals surface area (Å²) >= 11 is 0. The fourth-order valence-corrected chi connectivity index (χ4v) is 2.28. The Morgan fingerprint density at radius 2 is 1.44 bits per heavy atom. The van der Waals surface area contributed by atoms with Gasteiger partial charge in [0, 0.05) is 6.54 Å². The fourth-order valence-electron chi connectivity index (χ4n) is 2.28. The Balaban J connectivity index is 2.39. The maximum Gasteiger partial charge on any atom is 0.0202 e. The fraction of sp³-hybridized carbons (Fsp3) is 0.294. The summed E-state index contributed by atoms with van der Waals surface area (Å²) < 4.78 is 0. The van der Waals surface area contributed by atoms with E-state index in [1.165, 1.54) is 33.4 Å². The van der Waals surface area contributed by atoms with Crippen LogP contribution in [0.3, 0.4) is 0 Å². The van der Waals surface area contributed by atoms with E-state index >= 15 is 0 Å². The maximum atomic E-state index is 3.17. The van der Waals surface area contributed by atoms with Gasteiger partial charge in [0.1, 0.15) is 0 Å². The molecular weight excluding hydrogens is 218 g/mol. The third-order valence-corrected chi connectivity index (χ3v) is 3.49. The molecule has 0 atom stereocenters. The van der Waals surface area contributed by atoms with E-state index in [4.69, 9.17) is 0 Å². The largest absolute Gasteiger partial charge is 0.316 e. The van der Waals surface area contributed by atoms with E-state index in [-0.39, 0.29) is 0 Å². The molecule has 18 heavy (non-hydrogen) atoms. The van der Waals surface area contributed by atoms with Gasteiger partial charge in [-0.15, -0.1) is 0 Å². The molecular formula is C17H21N. The highest BCUT2D eigenvalue weighted by Crippen LogP contribution is 2.26. The SMILES string of the molecule is CNCc1ccc(-c2cc(C)c(C)cc2C)cc1. The van der Waals surface area contributed by atoms with Crippen molar-refractivity contribution in [2.24, 2.45) is 0 Å². The second-order valence-electron chi connectivity index (χ2n) is 4.98. The summed E-state index contributed by atoms with van der Waals surface area (Å²) in [5.41, 5.74) is 8.03. The number of nitrogens with one attached hydrogen (secondary N) is 1. The molecule has 0 spiro atoms. The van der Waals surface area contributed by atoms with Crippen molar-refractivity contribution in [3.8, 4) is 11.1 Å². The molecule has 2 rings (SSSR count). The average molecular weight is 239 g/mol. The van der Waals surface area contributed by atoms with Crippen LogP contribution in [0.1, 0.15) is 22.3 Å². The summed E-state index contributed by atoms with van der Waals surface area (Å²) in [5, 5.41) is 3.17. The van der Waals surface area contributed by atoms with Gasteiger partial charge in [-0.25, -0.2) is 0 Å². The standard InChI is InChI=1S/C17H21N/c1-12-9-14(3)17(10-13(12)2)16-7-5-15(6-8-16)11-18-4/h5-10,18H,11H2,1-4H3. The number of aryl methyl sites for hydroxylation is 3. The topological polar surface area (TPSA) is 12.0 Å². The zero-order valence-electron chi connectivity index (χ0n) is 11.7. The second-order valence-corrected chi connectivity index (χ2v) is 4.98. The van der Waals surface area contributed by atoms with Crippen LogP contribution < -0.4 is 5.32 Å². The second kappa shape index (κ2) is 5.36. The lowest BCUT2D eigenvalue weighted by Crippen LogP contribution is -2.04. The minimum absolute atomic E-state index is 0.923. The summed E-state index contributed by atoms with van der Waals surface area (Å²) in [5.74, 6) is 0. The summed E-state index contributed by atoms with van der Waals surface area (Å²) in [6, 6.07) is 13.4. The first-order chi connectivity index (χ1) is 8.61. The van der Waals surface area contributed by atoms with E-state index in [1.54, 1.807) is 0 Å². The first-order valence-electron chi connectivity index (χ1n) is 6.43. The molecule has 0 amide bonds. The van der Waals surface area contributed by atoms with Gasteiger partial charge < -0.3 is 5.32 Å². The molecule has 1 N–H and O–H groups in total. The van der Waals surface area contributed by atoms with Gasteiger partial charge in [0.15, 0.2) is 0 Å². The first kappa shape index (κ1) is 12.8. The molecule has 0 heterocycles. The van der Waals surface area contributed by atoms with Crippen molar-refractivity contribution in [1.82, 2.24) is 5.32 Å². The van der Waals surface area contributed by atoms with Crippen LogP contribution in [-0.4, -0.2) is 7.05 Å². The van der Waals surface area contributed by atoms with Crippen LogP contribution in [0, 0.1) is 20.8 Å². The van der Waals surface area contributed by atoms with Gasteiger partial charge in [0.25, 0.3) is 0 Å². The molecule has 0 aliphatic carbocycles. The molecule has 0 saturated carbocycles. The van der Waals surface area contributed by atoms with E-state index < -0.39 is 0 Å². The summed E-state index contributed by atoms with van der Waals surface area (Å²) in [4.78, 5) is 0. The number of benzene rings is 2. The summed E-state index contributed by atoms with van der Waals surface area (Å²) in [7, 11) is 1.97. The normalized spacial score (nSPS) is 10.7. The highest BCUT2D eigenvalue weighted by atomic mass is 14.8. The van der Waals surface area contributed by atoms with Crippen LogP contribution in [0.2, 0.25) is 0 Å². The van der Waals surface area contributed by atoms with Gasteiger partial charge in [-0.2, -0.15) is 0 Å². The van der Waals surface area contributed by atoms with Crippen LogP contribution in [0.25, 0.3) is 11.1 Å². The van der Waals surface area contributed by atoms with Crippen molar-refractivity contribution in [2.75, 3.05) is 7.05 Å². The summed E-state index contributed by atoms with van der Waals surface area (Å²) in [6.45, 7) is 7.45. The Bertz CT molecular complexity index is 538. The zero-order valence-corrected chi connectivity index (χ0v) is 11.7. The molecule has 1 heteroatoms. The quantitative estimate of drug-likeness (QED) is 0.853. The third-order valence-electron chi connectivity index (χ3n) is 3.49. The van der Waals surface area contributed by atoms with E-state index in [2.05, 4.69) is 62.5 Å². The van der Waals surface area contributed by atoms with Gasteiger partial charge in [-0.05, 0) is 61.2 Å². The lowest BCUT2D eigenvalue weighted by atomic mass is 9.95. The van der Waals surface area contributed by atoms with E-state index in [0.717, 1.165) is 6.54 Å². The zero-order chi connectivity index (χ0) is 13.1. The van der Waals surface area contributed by atoms with Crippen LogP contribution >= 0.6 is 0 Å². The monoisotopic (exact) mass is 239 g/mol. The van der Waals surface area contributed by atoms with Crippen molar-refractivity contribution < 1.29 is 0 Å². The lowest BCUT2D eigenvalue weighted by Gasteiger charge is -2.11. The molecule has 2 aromatic rings. The smallest absolute Gasteiger partial charge is 0.0202 e. The number of rotatable bonds is 3. The predicted molar refractivity (Wildman–Crippen MR) is 78.9 cm³/mol. The van der Waals surface area contributed by atoms with Crippen molar-refractivity contribution in [2.45, 2.75) is 27.3 Å². The highest BCUT2D eigenvalue weighted by Gasteiger charge is 2.04. The first-order valence-corrected chi connectivity index (χ1v) is 6.43. The Labute approximate surface area is 110 Å². The Morgan fingerprint density at radius 3 is 2.06 bits per heavy atom. The Morgan fingerprint density at radius 1 is 0.833 bits per heavy atom. The van der Waals surface area contributed by atoms with Crippen LogP contribution in [0.5, 0.6) is 0 Å². The third kappa shape index (κ3) is 2.62.